The van der Waals surface area contributed by atoms with Gasteiger partial charge in [-0.2, -0.15) is 0 Å². The van der Waals surface area contributed by atoms with Crippen LogP contribution in [0.1, 0.15) is 28.4 Å². The lowest BCUT2D eigenvalue weighted by molar-refractivity contribution is -0.00274. The minimum absolute atomic E-state index is 0.627. The predicted octanol–water partition coefficient (Wildman–Crippen LogP) is 2.34. The molecule has 0 spiro atoms. The maximum atomic E-state index is 4.35. The maximum absolute atomic E-state index is 4.35. The molecule has 0 amide bonds. The molecule has 3 fully saturated rings. The average Bonchev–Trinajstić information content (AvgIpc) is 3.01. The Balaban J connectivity index is 1.55. The summed E-state index contributed by atoms with van der Waals surface area (Å²) in [5, 5.41) is 10.7. The van der Waals surface area contributed by atoms with Crippen molar-refractivity contribution in [1.82, 2.24) is 25.0 Å². The summed E-state index contributed by atoms with van der Waals surface area (Å²) in [4.78, 5) is 9.50. The number of fused-ring (bicyclic) bond motifs is 3. The van der Waals surface area contributed by atoms with Gasteiger partial charge in [-0.3, -0.25) is 9.88 Å². The lowest BCUT2D eigenvalue weighted by Gasteiger charge is -2.49. The molecule has 2 aromatic heterocycles. The smallest absolute Gasteiger partial charge is 0.131 e. The quantitative estimate of drug-likeness (QED) is 0.842. The fourth-order valence-corrected chi connectivity index (χ4v) is 4.67. The maximum Gasteiger partial charge on any atom is 0.131 e. The van der Waals surface area contributed by atoms with Crippen molar-refractivity contribution in [2.75, 3.05) is 19.6 Å². The zero-order chi connectivity index (χ0) is 15.6. The van der Waals surface area contributed by atoms with Crippen LogP contribution in [0.4, 0.5) is 0 Å². The number of piperidine rings is 3. The van der Waals surface area contributed by atoms with Crippen LogP contribution < -0.4 is 0 Å². The molecular formula is C17H23N5S. The molecule has 0 aromatic carbocycles. The monoisotopic (exact) mass is 329 g/mol. The van der Waals surface area contributed by atoms with E-state index in [1.807, 2.05) is 25.4 Å². The molecule has 2 aromatic rings. The van der Waals surface area contributed by atoms with E-state index in [0.29, 0.717) is 6.04 Å². The standard InChI is InChI=1S/C17H23N5S/c1-13-19-20-17(23-13)12-22(10-14-3-2-6-18-9-14)16-11-21-7-4-15(16)5-8-21/h2-3,6,9,15-16H,4-5,7-8,10-12H2,1H3. The van der Waals surface area contributed by atoms with Crippen molar-refractivity contribution >= 4 is 11.3 Å². The third-order valence-corrected chi connectivity index (χ3v) is 5.93. The first-order valence-electron chi connectivity index (χ1n) is 8.42. The van der Waals surface area contributed by atoms with Crippen LogP contribution in [-0.4, -0.2) is 50.7 Å². The molecule has 6 heteroatoms. The van der Waals surface area contributed by atoms with Crippen molar-refractivity contribution in [2.24, 2.45) is 5.92 Å². The van der Waals surface area contributed by atoms with Gasteiger partial charge in [-0.1, -0.05) is 6.07 Å². The van der Waals surface area contributed by atoms with Crippen LogP contribution in [0.15, 0.2) is 24.5 Å². The van der Waals surface area contributed by atoms with E-state index in [9.17, 15) is 0 Å². The summed E-state index contributed by atoms with van der Waals surface area (Å²) in [5.41, 5.74) is 1.28. The first-order chi connectivity index (χ1) is 11.3. The Bertz CT molecular complexity index is 635. The van der Waals surface area contributed by atoms with Gasteiger partial charge in [-0.15, -0.1) is 21.5 Å². The summed E-state index contributed by atoms with van der Waals surface area (Å²) in [5.74, 6) is 0.825. The second-order valence-corrected chi connectivity index (χ2v) is 7.95. The largest absolute Gasteiger partial charge is 0.302 e. The second kappa shape index (κ2) is 6.63. The zero-order valence-electron chi connectivity index (χ0n) is 13.6. The highest BCUT2D eigenvalue weighted by molar-refractivity contribution is 7.11. The molecule has 5 rings (SSSR count). The molecule has 0 radical (unpaired) electrons. The molecule has 1 unspecified atom stereocenters. The fraction of sp³-hybridized carbons (Fsp3) is 0.588. The van der Waals surface area contributed by atoms with Crippen molar-refractivity contribution in [1.29, 1.82) is 0 Å². The molecule has 3 aliphatic heterocycles. The number of aryl methyl sites for hydroxylation is 1. The summed E-state index contributed by atoms with van der Waals surface area (Å²) in [6.07, 6.45) is 6.50. The molecule has 0 aliphatic carbocycles. The minimum Gasteiger partial charge on any atom is -0.302 e. The normalized spacial score (nSPS) is 26.8. The average molecular weight is 329 g/mol. The number of aromatic nitrogens is 3. The van der Waals surface area contributed by atoms with E-state index in [1.54, 1.807) is 11.3 Å². The Morgan fingerprint density at radius 1 is 1.26 bits per heavy atom. The van der Waals surface area contributed by atoms with Crippen molar-refractivity contribution in [3.8, 4) is 0 Å². The molecule has 3 saturated heterocycles. The van der Waals surface area contributed by atoms with Crippen LogP contribution in [0.5, 0.6) is 0 Å². The third kappa shape index (κ3) is 3.44. The lowest BCUT2D eigenvalue weighted by atomic mass is 9.83. The van der Waals surface area contributed by atoms with Crippen LogP contribution >= 0.6 is 11.3 Å². The van der Waals surface area contributed by atoms with E-state index in [2.05, 4.69) is 31.0 Å². The molecule has 122 valence electrons. The fourth-order valence-electron chi connectivity index (χ4n) is 3.94. The zero-order valence-corrected chi connectivity index (χ0v) is 14.4. The number of nitrogens with zero attached hydrogens (tertiary/aromatic N) is 5. The highest BCUT2D eigenvalue weighted by Crippen LogP contribution is 2.32. The molecule has 5 nitrogen and oxygen atoms in total. The van der Waals surface area contributed by atoms with Crippen LogP contribution in [0, 0.1) is 12.8 Å². The van der Waals surface area contributed by atoms with Crippen LogP contribution in [0.25, 0.3) is 0 Å². The van der Waals surface area contributed by atoms with Gasteiger partial charge in [0.1, 0.15) is 10.0 Å². The number of hydrogen-bond acceptors (Lipinski definition) is 6. The molecule has 3 aliphatic rings. The van der Waals surface area contributed by atoms with Crippen molar-refractivity contribution < 1.29 is 0 Å². The van der Waals surface area contributed by atoms with Gasteiger partial charge in [0.15, 0.2) is 0 Å². The second-order valence-electron chi connectivity index (χ2n) is 6.69. The lowest BCUT2D eigenvalue weighted by Crippen LogP contribution is -2.56. The van der Waals surface area contributed by atoms with Gasteiger partial charge in [-0.05, 0) is 50.4 Å². The van der Waals surface area contributed by atoms with Gasteiger partial charge in [0, 0.05) is 31.5 Å². The molecule has 1 atom stereocenters. The molecule has 2 bridgehead atoms. The topological polar surface area (TPSA) is 45.2 Å². The molecular weight excluding hydrogens is 306 g/mol. The number of hydrogen-bond donors (Lipinski definition) is 0. The SMILES string of the molecule is Cc1nnc(CN(Cc2cccnc2)C2CN3CCC2CC3)s1. The summed E-state index contributed by atoms with van der Waals surface area (Å²) in [6, 6.07) is 4.83. The van der Waals surface area contributed by atoms with Crippen molar-refractivity contribution in [2.45, 2.75) is 38.9 Å². The summed E-state index contributed by atoms with van der Waals surface area (Å²) >= 11 is 1.72. The summed E-state index contributed by atoms with van der Waals surface area (Å²) in [6.45, 7) is 7.63. The predicted molar refractivity (Wildman–Crippen MR) is 91.1 cm³/mol. The van der Waals surface area contributed by atoms with Crippen LogP contribution in [0.3, 0.4) is 0 Å². The highest BCUT2D eigenvalue weighted by Gasteiger charge is 2.37. The third-order valence-electron chi connectivity index (χ3n) is 5.11. The summed E-state index contributed by atoms with van der Waals surface area (Å²) < 4.78 is 0. The first kappa shape index (κ1) is 15.2. The Hall–Kier alpha value is -1.37. The van der Waals surface area contributed by atoms with Gasteiger partial charge in [0.05, 0.1) is 6.54 Å². The van der Waals surface area contributed by atoms with E-state index in [4.69, 9.17) is 0 Å². The molecule has 5 heterocycles. The van der Waals surface area contributed by atoms with Crippen LogP contribution in [0.2, 0.25) is 0 Å². The van der Waals surface area contributed by atoms with Gasteiger partial charge in [0.2, 0.25) is 0 Å². The Morgan fingerprint density at radius 2 is 2.13 bits per heavy atom. The van der Waals surface area contributed by atoms with E-state index in [-0.39, 0.29) is 0 Å². The van der Waals surface area contributed by atoms with Gasteiger partial charge in [0.25, 0.3) is 0 Å². The first-order valence-corrected chi connectivity index (χ1v) is 9.24. The van der Waals surface area contributed by atoms with E-state index >= 15 is 0 Å². The molecule has 0 saturated carbocycles. The van der Waals surface area contributed by atoms with E-state index < -0.39 is 0 Å². The van der Waals surface area contributed by atoms with Crippen molar-refractivity contribution in [3.63, 3.8) is 0 Å². The van der Waals surface area contributed by atoms with Gasteiger partial charge >= 0.3 is 0 Å². The van der Waals surface area contributed by atoms with Gasteiger partial charge < -0.3 is 4.90 Å². The Kier molecular flexibility index (Phi) is 4.37. The van der Waals surface area contributed by atoms with Crippen LogP contribution in [-0.2, 0) is 13.1 Å². The number of rotatable bonds is 5. The van der Waals surface area contributed by atoms with Gasteiger partial charge in [-0.25, -0.2) is 0 Å². The van der Waals surface area contributed by atoms with E-state index in [0.717, 1.165) is 29.0 Å². The number of pyridine rings is 1. The minimum atomic E-state index is 0.627. The Morgan fingerprint density at radius 3 is 2.74 bits per heavy atom. The molecule has 23 heavy (non-hydrogen) atoms. The van der Waals surface area contributed by atoms with Crippen molar-refractivity contribution in [3.05, 3.63) is 40.1 Å². The molecule has 0 N–H and O–H groups in total. The van der Waals surface area contributed by atoms with E-state index in [1.165, 1.54) is 38.0 Å². The summed E-state index contributed by atoms with van der Waals surface area (Å²) in [7, 11) is 0. The highest BCUT2D eigenvalue weighted by atomic mass is 32.1. The Labute approximate surface area is 141 Å².